The molecule has 3 atom stereocenters. The molecule has 2 fully saturated rings. The van der Waals surface area contributed by atoms with Gasteiger partial charge in [0.2, 0.25) is 0 Å². The highest BCUT2D eigenvalue weighted by Gasteiger charge is 2.74. The van der Waals surface area contributed by atoms with E-state index in [4.69, 9.17) is 0 Å². The number of rotatable bonds is 2. The van der Waals surface area contributed by atoms with E-state index in [1.807, 2.05) is 56.6 Å². The number of ketones is 2. The van der Waals surface area contributed by atoms with E-state index >= 15 is 4.79 Å². The topological polar surface area (TPSA) is 40.6 Å². The summed E-state index contributed by atoms with van der Waals surface area (Å²) in [7, 11) is 3.90. The van der Waals surface area contributed by atoms with Gasteiger partial charge in [-0.05, 0) is 71.9 Å². The second-order valence-electron chi connectivity index (χ2n) is 11.4. The molecule has 0 amide bonds. The number of carbonyl (C=O) groups is 2. The molecule has 3 aliphatic rings. The van der Waals surface area contributed by atoms with E-state index in [1.165, 1.54) is 24.3 Å². The predicted molar refractivity (Wildman–Crippen MR) is 151 cm³/mol. The van der Waals surface area contributed by atoms with Crippen LogP contribution in [0.4, 0.5) is 8.78 Å². The average molecular weight is 535 g/mol. The van der Waals surface area contributed by atoms with Gasteiger partial charge < -0.3 is 4.90 Å². The van der Waals surface area contributed by atoms with Gasteiger partial charge in [0, 0.05) is 36.7 Å². The monoisotopic (exact) mass is 534 g/mol. The fourth-order valence-corrected chi connectivity index (χ4v) is 7.84. The minimum atomic E-state index is -1.25. The fourth-order valence-electron chi connectivity index (χ4n) is 7.84. The summed E-state index contributed by atoms with van der Waals surface area (Å²) in [6.45, 7) is 1.21. The molecule has 4 aromatic carbocycles. The Hall–Kier alpha value is -4.00. The molecule has 0 aromatic heterocycles. The number of nitrogens with zero attached hydrogens (tertiary/aromatic N) is 2. The maximum absolute atomic E-state index is 15.1. The highest BCUT2D eigenvalue weighted by molar-refractivity contribution is 6.24. The number of fused-ring (bicyclic) bond motifs is 2. The maximum atomic E-state index is 15.1. The number of benzene rings is 4. The molecule has 0 unspecified atom stereocenters. The standard InChI is InChI=1S/C34H28F2N2O2/c1-37-18-24(17-21-9-13-25(35)14-10-21)31(39)33(20-37)29(22-11-15-26(36)16-12-22)19-38(2)34(33)28-8-4-6-23-5-3-7-27(30(23)28)32(34)40/h3-17,29H,18-20H2,1-2H3/b24-17+/t29-,33+,34+/m1/s1. The molecule has 6 heteroatoms. The lowest BCUT2D eigenvalue weighted by Crippen LogP contribution is -2.64. The number of halogens is 2. The van der Waals surface area contributed by atoms with E-state index in [0.717, 1.165) is 27.5 Å². The summed E-state index contributed by atoms with van der Waals surface area (Å²) < 4.78 is 27.7. The highest BCUT2D eigenvalue weighted by atomic mass is 19.1. The van der Waals surface area contributed by atoms with Crippen molar-refractivity contribution in [3.8, 4) is 0 Å². The van der Waals surface area contributed by atoms with E-state index in [-0.39, 0.29) is 29.1 Å². The Morgan fingerprint density at radius 3 is 2.17 bits per heavy atom. The molecular formula is C34H28F2N2O2. The molecule has 2 heterocycles. The predicted octanol–water partition coefficient (Wildman–Crippen LogP) is 5.82. The third kappa shape index (κ3) is 3.17. The number of likely N-dealkylation sites (N-methyl/N-ethyl adjacent to an activating group) is 2. The molecule has 0 bridgehead atoms. The molecule has 200 valence electrons. The molecule has 2 aliphatic heterocycles. The van der Waals surface area contributed by atoms with Crippen LogP contribution in [0.25, 0.3) is 16.8 Å². The summed E-state index contributed by atoms with van der Waals surface area (Å²) in [4.78, 5) is 34.1. The SMILES string of the molecule is CN1C/C(=C\c2ccc(F)cc2)C(=O)[C@]2(C1)[C@@H](c1ccc(F)cc1)CN(C)[C@@]21C(=O)c2cccc3cccc1c23. The molecular weight excluding hydrogens is 506 g/mol. The number of hydrogen-bond acceptors (Lipinski definition) is 4. The highest BCUT2D eigenvalue weighted by Crippen LogP contribution is 2.65. The first-order valence-corrected chi connectivity index (χ1v) is 13.5. The number of carbonyl (C=O) groups excluding carboxylic acids is 2. The minimum Gasteiger partial charge on any atom is -0.301 e. The van der Waals surface area contributed by atoms with E-state index in [1.54, 1.807) is 24.3 Å². The Labute approximate surface area is 231 Å². The maximum Gasteiger partial charge on any atom is 0.189 e. The van der Waals surface area contributed by atoms with Crippen molar-refractivity contribution in [1.82, 2.24) is 9.80 Å². The van der Waals surface area contributed by atoms with Crippen LogP contribution in [-0.4, -0.2) is 55.1 Å². The molecule has 0 saturated carbocycles. The minimum absolute atomic E-state index is 0.0730. The van der Waals surface area contributed by atoms with Gasteiger partial charge in [-0.1, -0.05) is 60.7 Å². The second kappa shape index (κ2) is 8.75. The largest absolute Gasteiger partial charge is 0.301 e. The molecule has 2 saturated heterocycles. The van der Waals surface area contributed by atoms with Gasteiger partial charge in [0.05, 0.1) is 5.41 Å². The van der Waals surface area contributed by atoms with Crippen molar-refractivity contribution in [2.75, 3.05) is 33.7 Å². The fraction of sp³-hybridized carbons (Fsp3) is 0.235. The Morgan fingerprint density at radius 2 is 1.48 bits per heavy atom. The van der Waals surface area contributed by atoms with Gasteiger partial charge in [0.15, 0.2) is 11.6 Å². The third-order valence-corrected chi connectivity index (χ3v) is 9.28. The van der Waals surface area contributed by atoms with Gasteiger partial charge in [-0.3, -0.25) is 14.5 Å². The first-order valence-electron chi connectivity index (χ1n) is 13.5. The van der Waals surface area contributed by atoms with Crippen LogP contribution in [0.2, 0.25) is 0 Å². The Morgan fingerprint density at radius 1 is 0.825 bits per heavy atom. The van der Waals surface area contributed by atoms with Crippen molar-refractivity contribution < 1.29 is 18.4 Å². The molecule has 1 aliphatic carbocycles. The van der Waals surface area contributed by atoms with Crippen LogP contribution < -0.4 is 0 Å². The quantitative estimate of drug-likeness (QED) is 0.304. The number of Topliss-reactive ketones (excluding diaryl/α,β-unsaturated/α-hetero) is 2. The lowest BCUT2D eigenvalue weighted by atomic mass is 9.55. The van der Waals surface area contributed by atoms with E-state index in [0.29, 0.717) is 30.8 Å². The van der Waals surface area contributed by atoms with Gasteiger partial charge in [0.25, 0.3) is 0 Å². The van der Waals surface area contributed by atoms with Crippen LogP contribution in [0.15, 0.2) is 90.5 Å². The average Bonchev–Trinajstić information content (AvgIpc) is 3.36. The molecule has 4 aromatic rings. The first-order chi connectivity index (χ1) is 19.3. The van der Waals surface area contributed by atoms with Gasteiger partial charge in [-0.2, -0.15) is 0 Å². The van der Waals surface area contributed by atoms with Crippen LogP contribution in [-0.2, 0) is 10.3 Å². The lowest BCUT2D eigenvalue weighted by Gasteiger charge is -2.51. The summed E-state index contributed by atoms with van der Waals surface area (Å²) >= 11 is 0. The van der Waals surface area contributed by atoms with Gasteiger partial charge >= 0.3 is 0 Å². The van der Waals surface area contributed by atoms with Gasteiger partial charge in [-0.25, -0.2) is 8.78 Å². The van der Waals surface area contributed by atoms with Crippen LogP contribution in [0.1, 0.15) is 33.0 Å². The summed E-state index contributed by atoms with van der Waals surface area (Å²) in [5, 5.41) is 1.86. The zero-order chi connectivity index (χ0) is 27.8. The van der Waals surface area contributed by atoms with Crippen molar-refractivity contribution in [1.29, 1.82) is 0 Å². The molecule has 4 nitrogen and oxygen atoms in total. The normalized spacial score (nSPS) is 27.6. The number of hydrogen-bond donors (Lipinski definition) is 0. The first kappa shape index (κ1) is 25.0. The number of likely N-dealkylation sites (tertiary alicyclic amines) is 2. The van der Waals surface area contributed by atoms with Crippen LogP contribution in [0.5, 0.6) is 0 Å². The van der Waals surface area contributed by atoms with Crippen molar-refractivity contribution in [2.45, 2.75) is 11.5 Å². The van der Waals surface area contributed by atoms with Gasteiger partial charge in [0.1, 0.15) is 17.2 Å². The molecule has 0 radical (unpaired) electrons. The van der Waals surface area contributed by atoms with E-state index in [2.05, 4.69) is 9.80 Å². The second-order valence-corrected chi connectivity index (χ2v) is 11.4. The van der Waals surface area contributed by atoms with Crippen LogP contribution in [0, 0.1) is 17.0 Å². The summed E-state index contributed by atoms with van der Waals surface area (Å²) in [6.07, 6.45) is 1.82. The Bertz CT molecular complexity index is 1720. The van der Waals surface area contributed by atoms with Crippen LogP contribution >= 0.6 is 0 Å². The van der Waals surface area contributed by atoms with Crippen molar-refractivity contribution >= 4 is 28.4 Å². The summed E-state index contributed by atoms with van der Waals surface area (Å²) in [6, 6.07) is 24.1. The number of piperidine rings is 1. The van der Waals surface area contributed by atoms with Crippen LogP contribution in [0.3, 0.4) is 0 Å². The lowest BCUT2D eigenvalue weighted by molar-refractivity contribution is -0.134. The third-order valence-electron chi connectivity index (χ3n) is 9.28. The molecule has 2 spiro atoms. The molecule has 40 heavy (non-hydrogen) atoms. The summed E-state index contributed by atoms with van der Waals surface area (Å²) in [5.41, 5.74) is 1.15. The summed E-state index contributed by atoms with van der Waals surface area (Å²) in [5.74, 6) is -1.24. The Balaban J connectivity index is 1.53. The van der Waals surface area contributed by atoms with E-state index < -0.39 is 11.0 Å². The zero-order valence-corrected chi connectivity index (χ0v) is 22.3. The van der Waals surface area contributed by atoms with Crippen molar-refractivity contribution in [3.63, 3.8) is 0 Å². The van der Waals surface area contributed by atoms with Gasteiger partial charge in [-0.15, -0.1) is 0 Å². The molecule has 7 rings (SSSR count). The van der Waals surface area contributed by atoms with Crippen molar-refractivity contribution in [3.05, 3.63) is 124 Å². The zero-order valence-electron chi connectivity index (χ0n) is 22.3. The van der Waals surface area contributed by atoms with Crippen molar-refractivity contribution in [2.24, 2.45) is 5.41 Å². The Kier molecular flexibility index (Phi) is 5.47. The smallest absolute Gasteiger partial charge is 0.189 e. The molecule has 0 N–H and O–H groups in total. The van der Waals surface area contributed by atoms with E-state index in [9.17, 15) is 13.6 Å².